The van der Waals surface area contributed by atoms with Gasteiger partial charge in [-0.15, -0.1) is 11.3 Å². The van der Waals surface area contributed by atoms with Gasteiger partial charge in [-0.1, -0.05) is 0 Å². The summed E-state index contributed by atoms with van der Waals surface area (Å²) in [6.45, 7) is 0.175. The lowest BCUT2D eigenvalue weighted by atomic mass is 9.83. The van der Waals surface area contributed by atoms with E-state index in [-0.39, 0.29) is 12.5 Å². The van der Waals surface area contributed by atoms with Crippen molar-refractivity contribution in [1.82, 2.24) is 5.32 Å². The van der Waals surface area contributed by atoms with Crippen LogP contribution in [0.3, 0.4) is 0 Å². The fourth-order valence-corrected chi connectivity index (χ4v) is 4.03. The number of carbonyl (C=O) groups excluding carboxylic acids is 2. The Morgan fingerprint density at radius 2 is 1.96 bits per heavy atom. The van der Waals surface area contributed by atoms with Crippen molar-refractivity contribution in [2.24, 2.45) is 0 Å². The largest absolute Gasteiger partial charge is 0.465 e. The van der Waals surface area contributed by atoms with Crippen LogP contribution in [0.15, 0.2) is 35.7 Å². The Kier molecular flexibility index (Phi) is 4.69. The number of ether oxygens (including phenoxy) is 1. The van der Waals surface area contributed by atoms with Crippen LogP contribution in [0.1, 0.15) is 44.0 Å². The van der Waals surface area contributed by atoms with Crippen LogP contribution in [0.25, 0.3) is 0 Å². The van der Waals surface area contributed by atoms with Gasteiger partial charge in [0, 0.05) is 10.4 Å². The molecule has 5 nitrogen and oxygen atoms in total. The van der Waals surface area contributed by atoms with Crippen molar-refractivity contribution >= 4 is 23.2 Å². The molecule has 1 aliphatic carbocycles. The lowest BCUT2D eigenvalue weighted by molar-refractivity contribution is 0.0197. The summed E-state index contributed by atoms with van der Waals surface area (Å²) in [7, 11) is 1.31. The second-order valence-corrected chi connectivity index (χ2v) is 6.89. The number of nitrogens with one attached hydrogen (secondary N) is 1. The van der Waals surface area contributed by atoms with Gasteiger partial charge >= 0.3 is 5.97 Å². The zero-order valence-electron chi connectivity index (χ0n) is 13.4. The van der Waals surface area contributed by atoms with Crippen molar-refractivity contribution in [3.63, 3.8) is 0 Å². The van der Waals surface area contributed by atoms with Crippen molar-refractivity contribution < 1.29 is 19.4 Å². The van der Waals surface area contributed by atoms with E-state index < -0.39 is 11.6 Å². The molecule has 1 aromatic heterocycles. The molecule has 1 aliphatic rings. The molecule has 3 rings (SSSR count). The molecular formula is C18H19NO4S. The van der Waals surface area contributed by atoms with Crippen LogP contribution >= 0.6 is 11.3 Å². The molecule has 1 amide bonds. The molecule has 0 saturated heterocycles. The van der Waals surface area contributed by atoms with E-state index >= 15 is 0 Å². The molecule has 1 unspecified atom stereocenters. The van der Waals surface area contributed by atoms with E-state index in [0.717, 1.165) is 18.4 Å². The van der Waals surface area contributed by atoms with Gasteiger partial charge in [0.05, 0.1) is 19.2 Å². The van der Waals surface area contributed by atoms with E-state index in [1.54, 1.807) is 35.6 Å². The van der Waals surface area contributed by atoms with Crippen molar-refractivity contribution in [1.29, 1.82) is 0 Å². The summed E-state index contributed by atoms with van der Waals surface area (Å²) in [5, 5.41) is 15.7. The van der Waals surface area contributed by atoms with Crippen LogP contribution in [0.5, 0.6) is 0 Å². The zero-order valence-corrected chi connectivity index (χ0v) is 14.2. The van der Waals surface area contributed by atoms with Crippen molar-refractivity contribution in [2.75, 3.05) is 13.7 Å². The number of amides is 1. The van der Waals surface area contributed by atoms with Crippen molar-refractivity contribution in [3.05, 3.63) is 57.3 Å². The number of methoxy groups -OCH3 is 1. The number of benzene rings is 1. The average molecular weight is 345 g/mol. The molecule has 0 spiro atoms. The number of aryl methyl sites for hydroxylation is 1. The summed E-state index contributed by atoms with van der Waals surface area (Å²) < 4.78 is 4.63. The molecule has 0 saturated carbocycles. The molecule has 24 heavy (non-hydrogen) atoms. The van der Waals surface area contributed by atoms with Gasteiger partial charge in [0.2, 0.25) is 0 Å². The van der Waals surface area contributed by atoms with Gasteiger partial charge in [-0.3, -0.25) is 4.79 Å². The maximum Gasteiger partial charge on any atom is 0.337 e. The summed E-state index contributed by atoms with van der Waals surface area (Å²) in [5.74, 6) is -0.717. The Hall–Kier alpha value is -2.18. The summed E-state index contributed by atoms with van der Waals surface area (Å²) >= 11 is 1.65. The van der Waals surface area contributed by atoms with Gasteiger partial charge in [0.1, 0.15) is 5.60 Å². The van der Waals surface area contributed by atoms with Gasteiger partial charge in [0.15, 0.2) is 0 Å². The highest BCUT2D eigenvalue weighted by atomic mass is 32.1. The third kappa shape index (κ3) is 3.20. The average Bonchev–Trinajstić information content (AvgIpc) is 3.10. The first-order chi connectivity index (χ1) is 11.5. The summed E-state index contributed by atoms with van der Waals surface area (Å²) in [4.78, 5) is 24.9. The topological polar surface area (TPSA) is 75.6 Å². The normalized spacial score (nSPS) is 19.4. The molecule has 0 fully saturated rings. The van der Waals surface area contributed by atoms with Gasteiger partial charge in [-0.05, 0) is 60.5 Å². The highest BCUT2D eigenvalue weighted by molar-refractivity contribution is 7.10. The number of fused-ring (bicyclic) bond motifs is 1. The third-order valence-electron chi connectivity index (χ3n) is 4.35. The Labute approximate surface area is 144 Å². The number of esters is 1. The Morgan fingerprint density at radius 3 is 2.67 bits per heavy atom. The summed E-state index contributed by atoms with van der Waals surface area (Å²) in [6, 6.07) is 8.18. The summed E-state index contributed by atoms with van der Waals surface area (Å²) in [6.07, 6.45) is 2.53. The molecule has 6 heteroatoms. The highest BCUT2D eigenvalue weighted by Crippen LogP contribution is 2.37. The first-order valence-corrected chi connectivity index (χ1v) is 8.67. The molecule has 2 N–H and O–H groups in total. The number of rotatable bonds is 4. The Bertz CT molecular complexity index is 753. The second-order valence-electron chi connectivity index (χ2n) is 5.89. The molecule has 0 bridgehead atoms. The number of carbonyl (C=O) groups is 2. The number of aliphatic hydroxyl groups is 1. The van der Waals surface area contributed by atoms with Crippen molar-refractivity contribution in [3.8, 4) is 0 Å². The van der Waals surface area contributed by atoms with E-state index in [9.17, 15) is 14.7 Å². The van der Waals surface area contributed by atoms with Crippen LogP contribution in [-0.2, 0) is 16.8 Å². The lowest BCUT2D eigenvalue weighted by Crippen LogP contribution is -2.42. The smallest absolute Gasteiger partial charge is 0.337 e. The number of hydrogen-bond donors (Lipinski definition) is 2. The van der Waals surface area contributed by atoms with Gasteiger partial charge in [0.25, 0.3) is 5.91 Å². The standard InChI is InChI=1S/C18H19NO4S/c1-23-17(21)13-6-4-12(5-7-13)16(20)19-11-18(22)9-2-3-15-14(18)8-10-24-15/h4-8,10,22H,2-3,9,11H2,1H3,(H,19,20). The van der Waals surface area contributed by atoms with Crippen LogP contribution < -0.4 is 5.32 Å². The van der Waals surface area contributed by atoms with Gasteiger partial charge in [-0.2, -0.15) is 0 Å². The van der Waals surface area contributed by atoms with Crippen LogP contribution in [0, 0.1) is 0 Å². The molecule has 1 aromatic carbocycles. The van der Waals surface area contributed by atoms with Crippen LogP contribution in [0.2, 0.25) is 0 Å². The minimum absolute atomic E-state index is 0.175. The fraction of sp³-hybridized carbons (Fsp3) is 0.333. The molecule has 0 aliphatic heterocycles. The van der Waals surface area contributed by atoms with Crippen molar-refractivity contribution in [2.45, 2.75) is 24.9 Å². The third-order valence-corrected chi connectivity index (χ3v) is 5.33. The van der Waals surface area contributed by atoms with E-state index in [4.69, 9.17) is 0 Å². The maximum absolute atomic E-state index is 12.3. The number of hydrogen-bond acceptors (Lipinski definition) is 5. The minimum atomic E-state index is -1.00. The molecule has 0 radical (unpaired) electrons. The minimum Gasteiger partial charge on any atom is -0.465 e. The number of thiophene rings is 1. The van der Waals surface area contributed by atoms with Crippen LogP contribution in [-0.4, -0.2) is 30.6 Å². The maximum atomic E-state index is 12.3. The van der Waals surface area contributed by atoms with Gasteiger partial charge < -0.3 is 15.2 Å². The Morgan fingerprint density at radius 1 is 1.25 bits per heavy atom. The van der Waals surface area contributed by atoms with E-state index in [2.05, 4.69) is 10.1 Å². The predicted octanol–water partition coefficient (Wildman–Crippen LogP) is 2.49. The zero-order chi connectivity index (χ0) is 17.2. The molecule has 1 heterocycles. The molecular weight excluding hydrogens is 326 g/mol. The monoisotopic (exact) mass is 345 g/mol. The SMILES string of the molecule is COC(=O)c1ccc(C(=O)NCC2(O)CCCc3sccc32)cc1. The highest BCUT2D eigenvalue weighted by Gasteiger charge is 2.35. The molecule has 1 atom stereocenters. The Balaban J connectivity index is 1.67. The first-order valence-electron chi connectivity index (χ1n) is 7.79. The molecule has 2 aromatic rings. The first kappa shape index (κ1) is 16.7. The second kappa shape index (κ2) is 6.75. The van der Waals surface area contributed by atoms with E-state index in [1.807, 2.05) is 11.4 Å². The molecule has 126 valence electrons. The summed E-state index contributed by atoms with van der Waals surface area (Å²) in [5.41, 5.74) is 0.755. The lowest BCUT2D eigenvalue weighted by Gasteiger charge is -2.32. The van der Waals surface area contributed by atoms with Gasteiger partial charge in [-0.25, -0.2) is 4.79 Å². The fourth-order valence-electron chi connectivity index (χ4n) is 3.01. The predicted molar refractivity (Wildman–Crippen MR) is 91.3 cm³/mol. The quantitative estimate of drug-likeness (QED) is 0.835. The van der Waals surface area contributed by atoms with E-state index in [0.29, 0.717) is 17.5 Å². The van der Waals surface area contributed by atoms with Crippen LogP contribution in [0.4, 0.5) is 0 Å². The van der Waals surface area contributed by atoms with E-state index in [1.165, 1.54) is 12.0 Å².